The fourth-order valence-electron chi connectivity index (χ4n) is 3.02. The molecule has 0 spiro atoms. The van der Waals surface area contributed by atoms with E-state index < -0.39 is 17.0 Å². The molecule has 2 heterocycles. The number of thiophene rings is 1. The van der Waals surface area contributed by atoms with Crippen molar-refractivity contribution < 1.29 is 5.11 Å². The number of aryl methyl sites for hydroxylation is 1. The Morgan fingerprint density at radius 1 is 1.08 bits per heavy atom. The van der Waals surface area contributed by atoms with E-state index in [0.29, 0.717) is 15.9 Å². The molecule has 0 aliphatic rings. The number of rotatable bonds is 2. The van der Waals surface area contributed by atoms with Gasteiger partial charge in [-0.05, 0) is 30.2 Å². The van der Waals surface area contributed by atoms with Crippen LogP contribution in [0.5, 0.6) is 5.88 Å². The van der Waals surface area contributed by atoms with Gasteiger partial charge in [-0.3, -0.25) is 4.79 Å². The lowest BCUT2D eigenvalue weighted by atomic mass is 10.1. The summed E-state index contributed by atoms with van der Waals surface area (Å²) in [5, 5.41) is 22.1. The van der Waals surface area contributed by atoms with E-state index in [-0.39, 0.29) is 0 Å². The number of hydrogen-bond donors (Lipinski definition) is 0. The van der Waals surface area contributed by atoms with Crippen molar-refractivity contribution in [2.75, 3.05) is 0 Å². The molecule has 0 radical (unpaired) electrons. The van der Waals surface area contributed by atoms with Gasteiger partial charge in [-0.15, -0.1) is 11.3 Å². The summed E-state index contributed by atoms with van der Waals surface area (Å²) >= 11 is 1.29. The molecular weight excluding hydrogens is 346 g/mol. The number of para-hydroxylation sites is 1. The average Bonchev–Trinajstić information content (AvgIpc) is 3.10. The second kappa shape index (κ2) is 6.14. The Bertz CT molecular complexity index is 1230. The normalized spacial score (nSPS) is 10.8. The zero-order valence-electron chi connectivity index (χ0n) is 13.8. The fraction of sp³-hybridized carbons (Fsp3) is 0.0500. The van der Waals surface area contributed by atoms with Crippen LogP contribution >= 0.6 is 11.3 Å². The Morgan fingerprint density at radius 2 is 1.77 bits per heavy atom. The van der Waals surface area contributed by atoms with Crippen LogP contribution in [0, 0.1) is 12.3 Å². The minimum Gasteiger partial charge on any atom is -0.854 e. The van der Waals surface area contributed by atoms with Crippen molar-refractivity contribution in [1.82, 2.24) is 4.57 Å². The molecule has 2 aromatic carbocycles. The second-order valence-corrected chi connectivity index (χ2v) is 6.95. The van der Waals surface area contributed by atoms with Gasteiger partial charge in [-0.2, -0.15) is 0 Å². The lowest BCUT2D eigenvalue weighted by Crippen LogP contribution is -2.13. The summed E-state index contributed by atoms with van der Waals surface area (Å²) in [7, 11) is 0. The summed E-state index contributed by atoms with van der Waals surface area (Å²) in [5.74, 6) is -0.628. The molecule has 26 heavy (non-hydrogen) atoms. The van der Waals surface area contributed by atoms with Gasteiger partial charge in [-0.1, -0.05) is 48.5 Å². The Morgan fingerprint density at radius 3 is 2.46 bits per heavy atom. The maximum absolute atomic E-state index is 12.8. The lowest BCUT2D eigenvalue weighted by Gasteiger charge is -2.18. The third kappa shape index (κ3) is 2.38. The van der Waals surface area contributed by atoms with Crippen molar-refractivity contribution in [3.8, 4) is 22.0 Å². The molecule has 6 heteroatoms. The zero-order chi connectivity index (χ0) is 18.3. The van der Waals surface area contributed by atoms with Gasteiger partial charge in [0.2, 0.25) is 5.39 Å². The molecule has 4 aromatic rings. The van der Waals surface area contributed by atoms with Gasteiger partial charge in [0.25, 0.3) is 5.43 Å². The van der Waals surface area contributed by atoms with Gasteiger partial charge in [0.15, 0.2) is 4.98 Å². The molecule has 0 saturated carbocycles. The number of diazo groups is 1. The molecule has 0 aliphatic heterocycles. The van der Waals surface area contributed by atoms with Gasteiger partial charge in [0.1, 0.15) is 4.70 Å². The number of nitrogens with zero attached hydrogens (tertiary/aromatic N) is 3. The first kappa shape index (κ1) is 16.1. The number of benzene rings is 2. The number of aromatic nitrogens is 1. The molecule has 0 atom stereocenters. The first-order valence-electron chi connectivity index (χ1n) is 7.98. The Labute approximate surface area is 153 Å². The summed E-state index contributed by atoms with van der Waals surface area (Å²) in [6.45, 7) is 1.89. The minimum atomic E-state index is -0.628. The van der Waals surface area contributed by atoms with Crippen LogP contribution in [-0.2, 0) is 0 Å². The highest BCUT2D eigenvalue weighted by Gasteiger charge is 2.24. The summed E-state index contributed by atoms with van der Waals surface area (Å²) in [5.41, 5.74) is 1.99. The highest BCUT2D eigenvalue weighted by molar-refractivity contribution is 7.22. The van der Waals surface area contributed by atoms with E-state index >= 15 is 0 Å². The molecule has 0 saturated heterocycles. The van der Waals surface area contributed by atoms with Gasteiger partial charge >= 0.3 is 5.69 Å². The number of pyridine rings is 1. The molecule has 0 N–H and O–H groups in total. The molecule has 0 aliphatic carbocycles. The minimum absolute atomic E-state index is 0.388. The zero-order valence-corrected chi connectivity index (χ0v) is 14.7. The molecule has 126 valence electrons. The largest absolute Gasteiger partial charge is 0.854 e. The van der Waals surface area contributed by atoms with Crippen LogP contribution in [0.3, 0.4) is 0 Å². The van der Waals surface area contributed by atoms with E-state index in [1.54, 1.807) is 0 Å². The topological polar surface area (TPSA) is 73.2 Å². The number of fused-ring (bicyclic) bond motifs is 1. The quantitative estimate of drug-likeness (QED) is 0.492. The van der Waals surface area contributed by atoms with Crippen molar-refractivity contribution in [1.29, 1.82) is 5.39 Å². The molecule has 0 amide bonds. The second-order valence-electron chi connectivity index (χ2n) is 5.90. The van der Waals surface area contributed by atoms with Crippen LogP contribution in [0.25, 0.3) is 31.3 Å². The highest BCUT2D eigenvalue weighted by atomic mass is 32.1. The van der Waals surface area contributed by atoms with E-state index in [2.05, 4.69) is 4.98 Å². The summed E-state index contributed by atoms with van der Waals surface area (Å²) in [6, 6.07) is 18.9. The first-order chi connectivity index (χ1) is 12.6. The van der Waals surface area contributed by atoms with Crippen molar-refractivity contribution in [3.63, 3.8) is 0 Å². The average molecular weight is 359 g/mol. The molecule has 0 fully saturated rings. The van der Waals surface area contributed by atoms with Crippen LogP contribution in [0.1, 0.15) is 5.56 Å². The molecule has 0 unspecified atom stereocenters. The molecule has 4 rings (SSSR count). The predicted octanol–water partition coefficient (Wildman–Crippen LogP) is 4.59. The van der Waals surface area contributed by atoms with Crippen molar-refractivity contribution in [3.05, 3.63) is 81.4 Å². The van der Waals surface area contributed by atoms with Crippen LogP contribution in [-0.4, -0.2) is 4.57 Å². The third-order valence-electron chi connectivity index (χ3n) is 4.30. The predicted molar refractivity (Wildman–Crippen MR) is 102 cm³/mol. The molecular formula is C20H13N3O2S. The van der Waals surface area contributed by atoms with Gasteiger partial charge in [0, 0.05) is 10.6 Å². The molecule has 2 aromatic heterocycles. The summed E-state index contributed by atoms with van der Waals surface area (Å²) in [6.07, 6.45) is 0. The van der Waals surface area contributed by atoms with E-state index in [1.807, 2.05) is 67.6 Å². The van der Waals surface area contributed by atoms with Crippen LogP contribution < -0.4 is 10.5 Å². The van der Waals surface area contributed by atoms with E-state index in [9.17, 15) is 15.3 Å². The smallest absolute Gasteiger partial charge is 0.442 e. The summed E-state index contributed by atoms with van der Waals surface area (Å²) in [4.78, 5) is 16.5. The van der Waals surface area contributed by atoms with Crippen molar-refractivity contribution >= 4 is 27.2 Å². The SMILES string of the molecule is Cc1ccccc1-n1c([O-])c([N+]#N)c(=O)c2sc(-c3ccccc3)cc21. The molecule has 0 bridgehead atoms. The van der Waals surface area contributed by atoms with Crippen molar-refractivity contribution in [2.45, 2.75) is 6.92 Å². The van der Waals surface area contributed by atoms with Crippen LogP contribution in [0.4, 0.5) is 5.69 Å². The fourth-order valence-corrected chi connectivity index (χ4v) is 4.11. The van der Waals surface area contributed by atoms with Crippen LogP contribution in [0.15, 0.2) is 65.5 Å². The first-order valence-corrected chi connectivity index (χ1v) is 8.79. The van der Waals surface area contributed by atoms with Crippen molar-refractivity contribution in [2.24, 2.45) is 0 Å². The van der Waals surface area contributed by atoms with E-state index in [4.69, 9.17) is 0 Å². The van der Waals surface area contributed by atoms with Gasteiger partial charge < -0.3 is 9.67 Å². The standard InChI is InChI=1S/C20H13N3O2S/c1-12-7-5-6-10-14(12)23-15-11-16(13-8-3-2-4-9-13)26-19(15)18(24)17(22-21)20(23)25/h2-11H,1H3. The van der Waals surface area contributed by atoms with Gasteiger partial charge in [0.05, 0.1) is 11.4 Å². The van der Waals surface area contributed by atoms with E-state index in [1.165, 1.54) is 15.9 Å². The van der Waals surface area contributed by atoms with E-state index in [0.717, 1.165) is 16.0 Å². The third-order valence-corrected chi connectivity index (χ3v) is 5.47. The Balaban J connectivity index is 2.14. The summed E-state index contributed by atoms with van der Waals surface area (Å²) < 4.78 is 1.84. The maximum atomic E-state index is 12.8. The Hall–Kier alpha value is -3.43. The highest BCUT2D eigenvalue weighted by Crippen LogP contribution is 2.37. The monoisotopic (exact) mass is 359 g/mol. The lowest BCUT2D eigenvalue weighted by molar-refractivity contribution is -0.275. The van der Waals surface area contributed by atoms with Crippen LogP contribution in [0.2, 0.25) is 0 Å². The number of hydrogen-bond acceptors (Lipinski definition) is 4. The van der Waals surface area contributed by atoms with Gasteiger partial charge in [-0.25, -0.2) is 0 Å². The Kier molecular flexibility index (Phi) is 3.79. The molecule has 5 nitrogen and oxygen atoms in total. The maximum Gasteiger partial charge on any atom is 0.442 e.